The van der Waals surface area contributed by atoms with E-state index in [-0.39, 0.29) is 18.1 Å². The Kier molecular flexibility index (Phi) is 4.46. The molecule has 0 fully saturated rings. The van der Waals surface area contributed by atoms with Crippen LogP contribution in [-0.4, -0.2) is 10.5 Å². The SMILES string of the molecule is Cn1c(=O)oc2ccc(NC(=O)CCCc3ccccc3F)cc21. The number of amides is 1. The highest BCUT2D eigenvalue weighted by atomic mass is 19.1. The molecule has 3 aromatic rings. The number of nitrogens with zero attached hydrogens (tertiary/aromatic N) is 1. The molecule has 0 atom stereocenters. The van der Waals surface area contributed by atoms with Gasteiger partial charge in [0.15, 0.2) is 5.58 Å². The number of aryl methyl sites for hydroxylation is 2. The van der Waals surface area contributed by atoms with Crippen molar-refractivity contribution in [3.05, 3.63) is 64.4 Å². The molecule has 24 heavy (non-hydrogen) atoms. The monoisotopic (exact) mass is 328 g/mol. The van der Waals surface area contributed by atoms with Gasteiger partial charge in [0.2, 0.25) is 5.91 Å². The van der Waals surface area contributed by atoms with Crippen LogP contribution in [0.4, 0.5) is 10.1 Å². The average molecular weight is 328 g/mol. The van der Waals surface area contributed by atoms with Crippen LogP contribution in [0.2, 0.25) is 0 Å². The molecule has 3 rings (SSSR count). The van der Waals surface area contributed by atoms with Gasteiger partial charge in [-0.1, -0.05) is 18.2 Å². The van der Waals surface area contributed by atoms with Crippen LogP contribution in [0, 0.1) is 5.82 Å². The van der Waals surface area contributed by atoms with Gasteiger partial charge in [-0.15, -0.1) is 0 Å². The maximum absolute atomic E-state index is 13.5. The summed E-state index contributed by atoms with van der Waals surface area (Å²) < 4.78 is 19.9. The molecule has 0 saturated carbocycles. The first kappa shape index (κ1) is 16.0. The lowest BCUT2D eigenvalue weighted by Gasteiger charge is -2.06. The van der Waals surface area contributed by atoms with E-state index in [1.165, 1.54) is 10.6 Å². The molecule has 2 aromatic carbocycles. The first-order valence-electron chi connectivity index (χ1n) is 7.67. The number of carbonyl (C=O) groups is 1. The number of rotatable bonds is 5. The lowest BCUT2D eigenvalue weighted by molar-refractivity contribution is -0.116. The molecular formula is C18H17FN2O3. The molecule has 0 radical (unpaired) electrons. The number of halogens is 1. The van der Waals surface area contributed by atoms with E-state index >= 15 is 0 Å². The molecule has 0 aliphatic carbocycles. The minimum atomic E-state index is -0.446. The van der Waals surface area contributed by atoms with Crippen LogP contribution in [0.3, 0.4) is 0 Å². The van der Waals surface area contributed by atoms with Gasteiger partial charge in [-0.3, -0.25) is 9.36 Å². The molecule has 124 valence electrons. The van der Waals surface area contributed by atoms with E-state index in [4.69, 9.17) is 4.42 Å². The quantitative estimate of drug-likeness (QED) is 0.782. The molecule has 0 spiro atoms. The summed E-state index contributed by atoms with van der Waals surface area (Å²) in [6, 6.07) is 11.6. The molecular weight excluding hydrogens is 311 g/mol. The first-order valence-corrected chi connectivity index (χ1v) is 7.67. The Hall–Kier alpha value is -2.89. The lowest BCUT2D eigenvalue weighted by Crippen LogP contribution is -2.12. The molecule has 1 N–H and O–H groups in total. The predicted octanol–water partition coefficient (Wildman–Crippen LogP) is 3.23. The van der Waals surface area contributed by atoms with Crippen LogP contribution < -0.4 is 11.1 Å². The van der Waals surface area contributed by atoms with Gasteiger partial charge in [0, 0.05) is 19.2 Å². The highest BCUT2D eigenvalue weighted by Gasteiger charge is 2.09. The van der Waals surface area contributed by atoms with Gasteiger partial charge in [0.1, 0.15) is 5.82 Å². The smallest absolute Gasteiger partial charge is 0.408 e. The van der Waals surface area contributed by atoms with Gasteiger partial charge in [-0.2, -0.15) is 0 Å². The summed E-state index contributed by atoms with van der Waals surface area (Å²) in [6.07, 6.45) is 1.35. The highest BCUT2D eigenvalue weighted by molar-refractivity contribution is 5.92. The zero-order valence-electron chi connectivity index (χ0n) is 13.2. The molecule has 1 aromatic heterocycles. The van der Waals surface area contributed by atoms with Gasteiger partial charge in [-0.25, -0.2) is 9.18 Å². The Morgan fingerprint density at radius 3 is 2.83 bits per heavy atom. The Labute approximate surface area is 137 Å². The van der Waals surface area contributed by atoms with Crippen LogP contribution >= 0.6 is 0 Å². The minimum absolute atomic E-state index is 0.154. The van der Waals surface area contributed by atoms with E-state index in [9.17, 15) is 14.0 Å². The Morgan fingerprint density at radius 2 is 2.04 bits per heavy atom. The Bertz CT molecular complexity index is 943. The van der Waals surface area contributed by atoms with Gasteiger partial charge in [0.25, 0.3) is 0 Å². The number of fused-ring (bicyclic) bond motifs is 1. The molecule has 1 amide bonds. The normalized spacial score (nSPS) is 10.9. The van der Waals surface area contributed by atoms with Crippen molar-refractivity contribution in [2.24, 2.45) is 7.05 Å². The average Bonchev–Trinajstić information content (AvgIpc) is 2.84. The fourth-order valence-corrected chi connectivity index (χ4v) is 2.57. The fraction of sp³-hybridized carbons (Fsp3) is 0.222. The van der Waals surface area contributed by atoms with Crippen molar-refractivity contribution in [2.75, 3.05) is 5.32 Å². The summed E-state index contributed by atoms with van der Waals surface area (Å²) in [7, 11) is 1.61. The number of carbonyl (C=O) groups excluding carboxylic acids is 1. The molecule has 6 heteroatoms. The largest absolute Gasteiger partial charge is 0.419 e. The third kappa shape index (κ3) is 3.37. The molecule has 0 aliphatic heterocycles. The van der Waals surface area contributed by atoms with E-state index in [1.54, 1.807) is 43.4 Å². The van der Waals surface area contributed by atoms with Crippen LogP contribution in [0.1, 0.15) is 18.4 Å². The number of hydrogen-bond acceptors (Lipinski definition) is 3. The summed E-state index contributed by atoms with van der Waals surface area (Å²) >= 11 is 0. The zero-order chi connectivity index (χ0) is 17.1. The fourth-order valence-electron chi connectivity index (χ4n) is 2.57. The van der Waals surface area contributed by atoms with E-state index < -0.39 is 5.76 Å². The number of aromatic nitrogens is 1. The van der Waals surface area contributed by atoms with Crippen LogP contribution in [0.25, 0.3) is 11.1 Å². The van der Waals surface area contributed by atoms with E-state index in [1.807, 2.05) is 0 Å². The molecule has 0 aliphatic rings. The highest BCUT2D eigenvalue weighted by Crippen LogP contribution is 2.18. The zero-order valence-corrected chi connectivity index (χ0v) is 13.2. The van der Waals surface area contributed by atoms with Gasteiger partial charge >= 0.3 is 5.76 Å². The van der Waals surface area contributed by atoms with Crippen molar-refractivity contribution >= 4 is 22.7 Å². The van der Waals surface area contributed by atoms with Crippen LogP contribution in [0.5, 0.6) is 0 Å². The predicted molar refractivity (Wildman–Crippen MR) is 89.4 cm³/mol. The van der Waals surface area contributed by atoms with Crippen LogP contribution in [0.15, 0.2) is 51.7 Å². The number of nitrogens with one attached hydrogen (secondary N) is 1. The summed E-state index contributed by atoms with van der Waals surface area (Å²) in [5.41, 5.74) is 2.29. The Balaban J connectivity index is 1.60. The number of oxazole rings is 1. The number of hydrogen-bond donors (Lipinski definition) is 1. The Morgan fingerprint density at radius 1 is 1.25 bits per heavy atom. The third-order valence-corrected chi connectivity index (χ3v) is 3.88. The van der Waals surface area contributed by atoms with Crippen molar-refractivity contribution in [1.29, 1.82) is 0 Å². The van der Waals surface area contributed by atoms with E-state index in [0.717, 1.165) is 0 Å². The molecule has 0 unspecified atom stereocenters. The van der Waals surface area contributed by atoms with Gasteiger partial charge < -0.3 is 9.73 Å². The van der Waals surface area contributed by atoms with Crippen molar-refractivity contribution in [3.8, 4) is 0 Å². The van der Waals surface area contributed by atoms with Crippen molar-refractivity contribution in [2.45, 2.75) is 19.3 Å². The first-order chi connectivity index (χ1) is 11.5. The number of anilines is 1. The maximum Gasteiger partial charge on any atom is 0.419 e. The number of benzene rings is 2. The van der Waals surface area contributed by atoms with Gasteiger partial charge in [0.05, 0.1) is 5.52 Å². The lowest BCUT2D eigenvalue weighted by atomic mass is 10.1. The summed E-state index contributed by atoms with van der Waals surface area (Å²) in [5, 5.41) is 2.78. The summed E-state index contributed by atoms with van der Waals surface area (Å²) in [5.74, 6) is -0.846. The second-order valence-corrected chi connectivity index (χ2v) is 5.60. The molecule has 0 bridgehead atoms. The second-order valence-electron chi connectivity index (χ2n) is 5.60. The van der Waals surface area contributed by atoms with E-state index in [2.05, 4.69) is 5.32 Å². The van der Waals surface area contributed by atoms with Gasteiger partial charge in [-0.05, 0) is 42.7 Å². The van der Waals surface area contributed by atoms with Crippen LogP contribution in [-0.2, 0) is 18.3 Å². The molecule has 1 heterocycles. The minimum Gasteiger partial charge on any atom is -0.408 e. The van der Waals surface area contributed by atoms with Crippen molar-refractivity contribution in [3.63, 3.8) is 0 Å². The topological polar surface area (TPSA) is 64.2 Å². The molecule has 0 saturated heterocycles. The second kappa shape index (κ2) is 6.70. The van der Waals surface area contributed by atoms with Crippen molar-refractivity contribution in [1.82, 2.24) is 4.57 Å². The van der Waals surface area contributed by atoms with Crippen molar-refractivity contribution < 1.29 is 13.6 Å². The standard InChI is InChI=1S/C18H17FN2O3/c1-21-15-11-13(9-10-16(15)24-18(21)23)20-17(22)8-4-6-12-5-2-3-7-14(12)19/h2-3,5,7,9-11H,4,6,8H2,1H3,(H,20,22). The molecule has 5 nitrogen and oxygen atoms in total. The summed E-state index contributed by atoms with van der Waals surface area (Å²) in [6.45, 7) is 0. The summed E-state index contributed by atoms with van der Waals surface area (Å²) in [4.78, 5) is 23.5. The maximum atomic E-state index is 13.5. The van der Waals surface area contributed by atoms with E-state index in [0.29, 0.717) is 35.2 Å². The third-order valence-electron chi connectivity index (χ3n) is 3.88.